The maximum absolute atomic E-state index is 5.88. The number of benzene rings is 2. The zero-order valence-electron chi connectivity index (χ0n) is 14.7. The lowest BCUT2D eigenvalue weighted by molar-refractivity contribution is 0.305. The molecule has 3 rings (SSSR count). The van der Waals surface area contributed by atoms with Crippen molar-refractivity contribution in [2.45, 2.75) is 33.0 Å². The molecule has 130 valence electrons. The molecule has 0 aliphatic rings. The van der Waals surface area contributed by atoms with Crippen molar-refractivity contribution in [3.63, 3.8) is 0 Å². The summed E-state index contributed by atoms with van der Waals surface area (Å²) in [6, 6.07) is 16.6. The first-order valence-electron chi connectivity index (χ1n) is 8.74. The standard InChI is InChI=1S/C21H25N3O/c1-18-5-2-3-6-20(18)16-25-21-9-7-19(8-10-21)15-22-11-4-13-24-14-12-23-17-24/h2-3,5-10,12,14,17,22H,4,11,13,15-16H2,1H3. The van der Waals surface area contributed by atoms with Gasteiger partial charge in [-0.3, -0.25) is 0 Å². The molecule has 0 amide bonds. The Bertz CT molecular complexity index is 751. The largest absolute Gasteiger partial charge is 0.489 e. The van der Waals surface area contributed by atoms with Crippen molar-refractivity contribution in [1.82, 2.24) is 14.9 Å². The van der Waals surface area contributed by atoms with Gasteiger partial charge in [-0.2, -0.15) is 0 Å². The normalized spacial score (nSPS) is 10.8. The highest BCUT2D eigenvalue weighted by atomic mass is 16.5. The third-order valence-electron chi connectivity index (χ3n) is 4.24. The van der Waals surface area contributed by atoms with Gasteiger partial charge in [0.25, 0.3) is 0 Å². The van der Waals surface area contributed by atoms with Crippen LogP contribution in [-0.4, -0.2) is 16.1 Å². The fourth-order valence-electron chi connectivity index (χ4n) is 2.68. The van der Waals surface area contributed by atoms with E-state index in [-0.39, 0.29) is 0 Å². The molecule has 0 spiro atoms. The number of imidazole rings is 1. The van der Waals surface area contributed by atoms with Crippen molar-refractivity contribution in [3.8, 4) is 5.75 Å². The number of aromatic nitrogens is 2. The number of nitrogens with one attached hydrogen (secondary N) is 1. The first-order valence-corrected chi connectivity index (χ1v) is 8.74. The van der Waals surface area contributed by atoms with Crippen molar-refractivity contribution in [3.05, 3.63) is 83.9 Å². The Morgan fingerprint density at radius 1 is 1.08 bits per heavy atom. The smallest absolute Gasteiger partial charge is 0.119 e. The van der Waals surface area contributed by atoms with E-state index in [9.17, 15) is 0 Å². The monoisotopic (exact) mass is 335 g/mol. The Balaban J connectivity index is 1.37. The van der Waals surface area contributed by atoms with E-state index in [4.69, 9.17) is 4.74 Å². The number of hydrogen-bond donors (Lipinski definition) is 1. The van der Waals surface area contributed by atoms with Crippen LogP contribution in [-0.2, 0) is 19.7 Å². The zero-order valence-corrected chi connectivity index (χ0v) is 14.7. The molecule has 0 fully saturated rings. The molecule has 4 nitrogen and oxygen atoms in total. The summed E-state index contributed by atoms with van der Waals surface area (Å²) in [6.07, 6.45) is 6.76. The first kappa shape index (κ1) is 17.2. The van der Waals surface area contributed by atoms with Crippen LogP contribution in [0.25, 0.3) is 0 Å². The topological polar surface area (TPSA) is 39.1 Å². The predicted molar refractivity (Wildman–Crippen MR) is 101 cm³/mol. The van der Waals surface area contributed by atoms with E-state index in [0.717, 1.165) is 31.8 Å². The Labute approximate surface area is 149 Å². The van der Waals surface area contributed by atoms with Crippen molar-refractivity contribution in [1.29, 1.82) is 0 Å². The number of ether oxygens (including phenoxy) is 1. The van der Waals surface area contributed by atoms with Crippen LogP contribution in [0.4, 0.5) is 0 Å². The SMILES string of the molecule is Cc1ccccc1COc1ccc(CNCCCn2ccnc2)cc1. The van der Waals surface area contributed by atoms with Crippen molar-refractivity contribution in [2.75, 3.05) is 6.54 Å². The summed E-state index contributed by atoms with van der Waals surface area (Å²) in [5.41, 5.74) is 3.76. The van der Waals surface area contributed by atoms with E-state index in [1.165, 1.54) is 16.7 Å². The van der Waals surface area contributed by atoms with Crippen LogP contribution >= 0.6 is 0 Å². The minimum absolute atomic E-state index is 0.610. The van der Waals surface area contributed by atoms with Crippen molar-refractivity contribution >= 4 is 0 Å². The highest BCUT2D eigenvalue weighted by Gasteiger charge is 2.00. The van der Waals surface area contributed by atoms with Gasteiger partial charge in [-0.15, -0.1) is 0 Å². The lowest BCUT2D eigenvalue weighted by Gasteiger charge is -2.10. The van der Waals surface area contributed by atoms with Crippen molar-refractivity contribution in [2.24, 2.45) is 0 Å². The van der Waals surface area contributed by atoms with Gasteiger partial charge in [-0.05, 0) is 48.7 Å². The van der Waals surface area contributed by atoms with Gasteiger partial charge < -0.3 is 14.6 Å². The highest BCUT2D eigenvalue weighted by Crippen LogP contribution is 2.15. The van der Waals surface area contributed by atoms with Crippen LogP contribution in [0.3, 0.4) is 0 Å². The maximum atomic E-state index is 5.88. The number of hydrogen-bond acceptors (Lipinski definition) is 3. The quantitative estimate of drug-likeness (QED) is 0.602. The van der Waals surface area contributed by atoms with E-state index in [0.29, 0.717) is 6.61 Å². The molecule has 0 aliphatic carbocycles. The third kappa shape index (κ3) is 5.47. The minimum Gasteiger partial charge on any atom is -0.489 e. The van der Waals surface area contributed by atoms with Crippen LogP contribution < -0.4 is 10.1 Å². The van der Waals surface area contributed by atoms with Gasteiger partial charge in [-0.25, -0.2) is 4.98 Å². The van der Waals surface area contributed by atoms with Gasteiger partial charge in [0.1, 0.15) is 12.4 Å². The van der Waals surface area contributed by atoms with Gasteiger partial charge in [0.15, 0.2) is 0 Å². The summed E-state index contributed by atoms with van der Waals surface area (Å²) < 4.78 is 7.98. The van der Waals surface area contributed by atoms with Crippen LogP contribution in [0, 0.1) is 6.92 Å². The molecule has 0 saturated heterocycles. The molecule has 4 heteroatoms. The molecule has 0 unspecified atom stereocenters. The van der Waals surface area contributed by atoms with Crippen molar-refractivity contribution < 1.29 is 4.74 Å². The lowest BCUT2D eigenvalue weighted by atomic mass is 10.1. The van der Waals surface area contributed by atoms with Gasteiger partial charge in [0, 0.05) is 25.5 Å². The first-order chi connectivity index (χ1) is 12.3. The Morgan fingerprint density at radius 3 is 2.68 bits per heavy atom. The molecule has 0 aliphatic heterocycles. The van der Waals surface area contributed by atoms with Gasteiger partial charge >= 0.3 is 0 Å². The van der Waals surface area contributed by atoms with Crippen LogP contribution in [0.15, 0.2) is 67.3 Å². The molecule has 2 aromatic carbocycles. The second-order valence-corrected chi connectivity index (χ2v) is 6.19. The summed E-state index contributed by atoms with van der Waals surface area (Å²) in [6.45, 7) is 5.59. The molecule has 0 bridgehead atoms. The Hall–Kier alpha value is -2.59. The van der Waals surface area contributed by atoms with E-state index in [1.54, 1.807) is 0 Å². The molecule has 1 N–H and O–H groups in total. The molecule has 1 aromatic heterocycles. The second kappa shape index (κ2) is 9.04. The fraction of sp³-hybridized carbons (Fsp3) is 0.286. The van der Waals surface area contributed by atoms with Gasteiger partial charge in [-0.1, -0.05) is 36.4 Å². The van der Waals surface area contributed by atoms with Gasteiger partial charge in [0.05, 0.1) is 6.33 Å². The van der Waals surface area contributed by atoms with Gasteiger partial charge in [0.2, 0.25) is 0 Å². The molecule has 1 heterocycles. The average molecular weight is 335 g/mol. The molecule has 3 aromatic rings. The van der Waals surface area contributed by atoms with E-state index >= 15 is 0 Å². The molecular formula is C21H25N3O. The summed E-state index contributed by atoms with van der Waals surface area (Å²) in [7, 11) is 0. The van der Waals surface area contributed by atoms with E-state index < -0.39 is 0 Å². The second-order valence-electron chi connectivity index (χ2n) is 6.19. The minimum atomic E-state index is 0.610. The number of rotatable bonds is 9. The number of nitrogens with zero attached hydrogens (tertiary/aromatic N) is 2. The highest BCUT2D eigenvalue weighted by molar-refractivity contribution is 5.29. The zero-order chi connectivity index (χ0) is 17.3. The van der Waals surface area contributed by atoms with Crippen LogP contribution in [0.2, 0.25) is 0 Å². The Kier molecular flexibility index (Phi) is 6.23. The molecule has 0 saturated carbocycles. The molecule has 25 heavy (non-hydrogen) atoms. The summed E-state index contributed by atoms with van der Waals surface area (Å²) in [4.78, 5) is 4.05. The average Bonchev–Trinajstić information content (AvgIpc) is 3.15. The van der Waals surface area contributed by atoms with E-state index in [1.807, 2.05) is 36.9 Å². The summed E-state index contributed by atoms with van der Waals surface area (Å²) in [5.74, 6) is 0.909. The maximum Gasteiger partial charge on any atom is 0.119 e. The van der Waals surface area contributed by atoms with Crippen LogP contribution in [0.5, 0.6) is 5.75 Å². The Morgan fingerprint density at radius 2 is 1.92 bits per heavy atom. The molecular weight excluding hydrogens is 310 g/mol. The molecule has 0 radical (unpaired) electrons. The number of aryl methyl sites for hydroxylation is 2. The summed E-state index contributed by atoms with van der Waals surface area (Å²) in [5, 5.41) is 3.47. The molecule has 0 atom stereocenters. The predicted octanol–water partition coefficient (Wildman–Crippen LogP) is 3.95. The lowest BCUT2D eigenvalue weighted by Crippen LogP contribution is -2.16. The van der Waals surface area contributed by atoms with Crippen LogP contribution in [0.1, 0.15) is 23.1 Å². The fourth-order valence-corrected chi connectivity index (χ4v) is 2.68. The third-order valence-corrected chi connectivity index (χ3v) is 4.24. The van der Waals surface area contributed by atoms with E-state index in [2.05, 4.69) is 52.1 Å². The summed E-state index contributed by atoms with van der Waals surface area (Å²) >= 11 is 0.